The molecule has 132 valence electrons. The first-order valence-electron chi connectivity index (χ1n) is 8.05. The van der Waals surface area contributed by atoms with Crippen LogP contribution in [0.2, 0.25) is 5.02 Å². The van der Waals surface area contributed by atoms with Crippen molar-refractivity contribution >= 4 is 45.0 Å². The zero-order valence-electron chi connectivity index (χ0n) is 14.0. The minimum atomic E-state index is -0.855. The predicted molar refractivity (Wildman–Crippen MR) is 106 cm³/mol. The van der Waals surface area contributed by atoms with Crippen LogP contribution in [0.15, 0.2) is 48.9 Å². The molecule has 0 aliphatic rings. The quantitative estimate of drug-likeness (QED) is 0.570. The average Bonchev–Trinajstić information content (AvgIpc) is 3.11. The minimum Gasteiger partial charge on any atom is -0.353 e. The summed E-state index contributed by atoms with van der Waals surface area (Å²) in [4.78, 5) is 13.4. The van der Waals surface area contributed by atoms with Crippen LogP contribution in [0.3, 0.4) is 0 Å². The van der Waals surface area contributed by atoms with Crippen molar-refractivity contribution < 1.29 is 4.21 Å². The van der Waals surface area contributed by atoms with Crippen LogP contribution in [-0.2, 0) is 10.8 Å². The first-order valence-corrected chi connectivity index (χ1v) is 10.2. The molecule has 3 aromatic heterocycles. The van der Waals surface area contributed by atoms with Gasteiger partial charge < -0.3 is 5.32 Å². The molecule has 6 nitrogen and oxygen atoms in total. The Bertz CT molecular complexity index is 1130. The molecule has 0 aliphatic carbocycles. The zero-order valence-corrected chi connectivity index (χ0v) is 15.6. The fraction of sp³-hybridized carbons (Fsp3) is 0.167. The van der Waals surface area contributed by atoms with Crippen LogP contribution in [-0.4, -0.2) is 42.1 Å². The maximum absolute atomic E-state index is 11.2. The van der Waals surface area contributed by atoms with Gasteiger partial charge in [0.2, 0.25) is 5.95 Å². The fourth-order valence-electron chi connectivity index (χ4n) is 2.84. The van der Waals surface area contributed by atoms with Crippen molar-refractivity contribution in [2.75, 3.05) is 23.9 Å². The molecule has 1 aromatic carbocycles. The van der Waals surface area contributed by atoms with Crippen LogP contribution in [0.1, 0.15) is 0 Å². The number of nitrogens with one attached hydrogen (secondary N) is 1. The first kappa shape index (κ1) is 16.9. The van der Waals surface area contributed by atoms with Crippen LogP contribution in [0.5, 0.6) is 0 Å². The number of imidazole rings is 1. The third kappa shape index (κ3) is 3.15. The van der Waals surface area contributed by atoms with E-state index in [9.17, 15) is 4.21 Å². The summed E-state index contributed by atoms with van der Waals surface area (Å²) in [6.45, 7) is 0.555. The van der Waals surface area contributed by atoms with Gasteiger partial charge in [0, 0.05) is 69.5 Å². The standard InChI is InChI=1S/C18H16ClN5OS/c1-26(25)9-7-21-18-22-11-12-10-14(13-4-2-3-5-15(13)19)17-20-6-8-24(17)16(12)23-18/h2-6,8,10-11H,7,9H2,1H3,(H,21,22,23). The lowest BCUT2D eigenvalue weighted by Crippen LogP contribution is -2.12. The molecule has 1 unspecified atom stereocenters. The Labute approximate surface area is 157 Å². The lowest BCUT2D eigenvalue weighted by molar-refractivity contribution is 0.687. The Kier molecular flexibility index (Phi) is 4.57. The van der Waals surface area contributed by atoms with Crippen LogP contribution in [0.25, 0.3) is 27.8 Å². The van der Waals surface area contributed by atoms with Crippen molar-refractivity contribution in [1.29, 1.82) is 0 Å². The lowest BCUT2D eigenvalue weighted by atomic mass is 10.1. The third-order valence-electron chi connectivity index (χ3n) is 4.04. The molecule has 3 heterocycles. The van der Waals surface area contributed by atoms with Crippen molar-refractivity contribution in [3.63, 3.8) is 0 Å². The number of benzene rings is 1. The van der Waals surface area contributed by atoms with Crippen molar-refractivity contribution in [2.45, 2.75) is 0 Å². The van der Waals surface area contributed by atoms with Crippen molar-refractivity contribution in [2.24, 2.45) is 0 Å². The number of halogens is 1. The number of hydrogen-bond acceptors (Lipinski definition) is 5. The van der Waals surface area contributed by atoms with Gasteiger partial charge in [-0.15, -0.1) is 0 Å². The molecule has 0 fully saturated rings. The van der Waals surface area contributed by atoms with Gasteiger partial charge in [-0.05, 0) is 12.1 Å². The molecule has 0 saturated heterocycles. The summed E-state index contributed by atoms with van der Waals surface area (Å²) in [6.07, 6.45) is 7.06. The van der Waals surface area contributed by atoms with E-state index in [0.717, 1.165) is 27.8 Å². The molecule has 0 saturated carbocycles. The van der Waals surface area contributed by atoms with E-state index in [1.807, 2.05) is 40.9 Å². The zero-order chi connectivity index (χ0) is 18.1. The summed E-state index contributed by atoms with van der Waals surface area (Å²) >= 11 is 6.38. The maximum Gasteiger partial charge on any atom is 0.224 e. The average molecular weight is 386 g/mol. The molecule has 4 aromatic rings. The van der Waals surface area contributed by atoms with Gasteiger partial charge in [0.1, 0.15) is 5.65 Å². The fourth-order valence-corrected chi connectivity index (χ4v) is 3.47. The third-order valence-corrected chi connectivity index (χ3v) is 5.15. The molecule has 0 amide bonds. The number of rotatable bonds is 5. The summed E-state index contributed by atoms with van der Waals surface area (Å²) < 4.78 is 13.1. The summed E-state index contributed by atoms with van der Waals surface area (Å²) in [7, 11) is -0.855. The van der Waals surface area contributed by atoms with Crippen LogP contribution in [0.4, 0.5) is 5.95 Å². The van der Waals surface area contributed by atoms with Gasteiger partial charge in [-0.2, -0.15) is 4.98 Å². The molecule has 8 heteroatoms. The largest absolute Gasteiger partial charge is 0.353 e. The Morgan fingerprint density at radius 2 is 2.04 bits per heavy atom. The van der Waals surface area contributed by atoms with Crippen LogP contribution >= 0.6 is 11.6 Å². The Morgan fingerprint density at radius 3 is 2.85 bits per heavy atom. The normalized spacial score (nSPS) is 12.5. The summed E-state index contributed by atoms with van der Waals surface area (Å²) in [6, 6.07) is 9.69. The van der Waals surface area contributed by atoms with Crippen molar-refractivity contribution in [1.82, 2.24) is 19.4 Å². The van der Waals surface area contributed by atoms with Gasteiger partial charge in [0.05, 0.1) is 0 Å². The van der Waals surface area contributed by atoms with E-state index in [2.05, 4.69) is 20.3 Å². The second-order valence-electron chi connectivity index (χ2n) is 5.84. The van der Waals surface area contributed by atoms with Crippen LogP contribution < -0.4 is 5.32 Å². The van der Waals surface area contributed by atoms with Gasteiger partial charge in [0.15, 0.2) is 5.65 Å². The van der Waals surface area contributed by atoms with Gasteiger partial charge in [-0.1, -0.05) is 29.8 Å². The first-order chi connectivity index (χ1) is 12.6. The number of anilines is 1. The van der Waals surface area contributed by atoms with E-state index >= 15 is 0 Å². The number of fused-ring (bicyclic) bond motifs is 3. The summed E-state index contributed by atoms with van der Waals surface area (Å²) in [5.41, 5.74) is 3.38. The number of nitrogens with zero attached hydrogens (tertiary/aromatic N) is 4. The molecule has 0 radical (unpaired) electrons. The molecule has 0 aliphatic heterocycles. The van der Waals surface area contributed by atoms with E-state index in [1.54, 1.807) is 18.6 Å². The number of aromatic nitrogens is 4. The topological polar surface area (TPSA) is 72.2 Å². The molecular formula is C18H16ClN5OS. The Balaban J connectivity index is 1.83. The molecule has 4 rings (SSSR count). The van der Waals surface area contributed by atoms with E-state index in [-0.39, 0.29) is 0 Å². The van der Waals surface area contributed by atoms with Gasteiger partial charge in [-0.3, -0.25) is 8.61 Å². The molecule has 1 N–H and O–H groups in total. The SMILES string of the molecule is CS(=O)CCNc1ncc2cc(-c3ccccc3Cl)c3nccn3c2n1. The highest BCUT2D eigenvalue weighted by Gasteiger charge is 2.13. The van der Waals surface area contributed by atoms with E-state index in [1.165, 1.54) is 0 Å². The minimum absolute atomic E-state index is 0.503. The molecule has 26 heavy (non-hydrogen) atoms. The van der Waals surface area contributed by atoms with Gasteiger partial charge in [0.25, 0.3) is 0 Å². The van der Waals surface area contributed by atoms with Gasteiger partial charge >= 0.3 is 0 Å². The lowest BCUT2D eigenvalue weighted by Gasteiger charge is -2.10. The van der Waals surface area contributed by atoms with E-state index < -0.39 is 10.8 Å². The number of hydrogen-bond donors (Lipinski definition) is 1. The summed E-state index contributed by atoms with van der Waals surface area (Å²) in [5, 5.41) is 4.66. The highest BCUT2D eigenvalue weighted by Crippen LogP contribution is 2.32. The molecule has 0 bridgehead atoms. The monoisotopic (exact) mass is 385 g/mol. The highest BCUT2D eigenvalue weighted by molar-refractivity contribution is 7.84. The second-order valence-corrected chi connectivity index (χ2v) is 7.80. The van der Waals surface area contributed by atoms with Crippen molar-refractivity contribution in [3.05, 3.63) is 53.9 Å². The highest BCUT2D eigenvalue weighted by atomic mass is 35.5. The van der Waals surface area contributed by atoms with Gasteiger partial charge in [-0.25, -0.2) is 9.97 Å². The van der Waals surface area contributed by atoms with E-state index in [4.69, 9.17) is 11.6 Å². The molecule has 0 spiro atoms. The van der Waals surface area contributed by atoms with Crippen LogP contribution in [0, 0.1) is 0 Å². The van der Waals surface area contributed by atoms with E-state index in [0.29, 0.717) is 23.3 Å². The predicted octanol–water partition coefficient (Wildman–Crippen LogP) is 3.39. The molecule has 1 atom stereocenters. The Morgan fingerprint density at radius 1 is 1.19 bits per heavy atom. The smallest absolute Gasteiger partial charge is 0.224 e. The Hall–Kier alpha value is -2.51. The molecular weight excluding hydrogens is 370 g/mol. The number of pyridine rings is 1. The second kappa shape index (κ2) is 7.01. The van der Waals surface area contributed by atoms with Crippen molar-refractivity contribution in [3.8, 4) is 11.1 Å². The summed E-state index contributed by atoms with van der Waals surface area (Å²) in [5.74, 6) is 1.05. The maximum atomic E-state index is 11.2.